The zero-order chi connectivity index (χ0) is 19.1. The van der Waals surface area contributed by atoms with E-state index in [1.54, 1.807) is 27.2 Å². The van der Waals surface area contributed by atoms with Gasteiger partial charge in [-0.25, -0.2) is 4.98 Å². The van der Waals surface area contributed by atoms with E-state index in [9.17, 15) is 4.79 Å². The lowest BCUT2D eigenvalue weighted by molar-refractivity contribution is 0.426. The van der Waals surface area contributed by atoms with Gasteiger partial charge in [-0.1, -0.05) is 23.0 Å². The van der Waals surface area contributed by atoms with Gasteiger partial charge in [0.15, 0.2) is 11.0 Å². The molecule has 0 bridgehead atoms. The summed E-state index contributed by atoms with van der Waals surface area (Å²) in [6.45, 7) is 8.01. The van der Waals surface area contributed by atoms with Crippen molar-refractivity contribution in [3.8, 4) is 10.8 Å². The maximum Gasteiger partial charge on any atom is 0.268 e. The molecule has 27 heavy (non-hydrogen) atoms. The van der Waals surface area contributed by atoms with E-state index in [0.717, 1.165) is 25.5 Å². The summed E-state index contributed by atoms with van der Waals surface area (Å²) in [4.78, 5) is 25.1. The second kappa shape index (κ2) is 7.21. The monoisotopic (exact) mass is 418 g/mol. The molecule has 6 nitrogen and oxygen atoms in total. The minimum absolute atomic E-state index is 0.0171. The summed E-state index contributed by atoms with van der Waals surface area (Å²) >= 11 is 4.58. The Hall–Kier alpha value is -1.97. The first kappa shape index (κ1) is 18.4. The Morgan fingerprint density at radius 3 is 2.81 bits per heavy atom. The van der Waals surface area contributed by atoms with E-state index >= 15 is 0 Å². The van der Waals surface area contributed by atoms with Crippen LogP contribution in [0.3, 0.4) is 0 Å². The van der Waals surface area contributed by atoms with Crippen LogP contribution < -0.4 is 5.56 Å². The Balaban J connectivity index is 1.67. The van der Waals surface area contributed by atoms with E-state index in [1.807, 2.05) is 45.2 Å². The molecule has 0 unspecified atom stereocenters. The molecule has 140 valence electrons. The van der Waals surface area contributed by atoms with Gasteiger partial charge in [0.2, 0.25) is 0 Å². The molecule has 4 aromatic rings. The van der Waals surface area contributed by atoms with Crippen LogP contribution in [0, 0.1) is 13.8 Å². The van der Waals surface area contributed by atoms with Crippen LogP contribution >= 0.6 is 34.4 Å². The summed E-state index contributed by atoms with van der Waals surface area (Å²) < 4.78 is 7.09. The predicted octanol–water partition coefficient (Wildman–Crippen LogP) is 5.06. The Kier molecular flexibility index (Phi) is 4.92. The van der Waals surface area contributed by atoms with Gasteiger partial charge in [0, 0.05) is 10.9 Å². The topological polar surface area (TPSA) is 73.8 Å². The van der Waals surface area contributed by atoms with Crippen LogP contribution in [0.1, 0.15) is 36.2 Å². The zero-order valence-electron chi connectivity index (χ0n) is 15.3. The normalized spacial score (nSPS) is 11.7. The fraction of sp³-hybridized carbons (Fsp3) is 0.333. The largest absolute Gasteiger partial charge is 0.333 e. The van der Waals surface area contributed by atoms with Gasteiger partial charge in [-0.2, -0.15) is 4.98 Å². The van der Waals surface area contributed by atoms with Gasteiger partial charge in [0.05, 0.1) is 16.0 Å². The van der Waals surface area contributed by atoms with Crippen LogP contribution in [-0.4, -0.2) is 19.7 Å². The molecule has 0 atom stereocenters. The minimum Gasteiger partial charge on any atom is -0.333 e. The highest BCUT2D eigenvalue weighted by molar-refractivity contribution is 7.98. The quantitative estimate of drug-likeness (QED) is 0.333. The Labute approximate surface area is 168 Å². The molecule has 4 heterocycles. The smallest absolute Gasteiger partial charge is 0.268 e. The Bertz CT molecular complexity index is 1160. The SMILES string of the molecule is Cc1sc2nc(SCc3noc(-c4cccs4)n3)n(C(C)C)c(=O)c2c1C. The lowest BCUT2D eigenvalue weighted by atomic mass is 10.2. The number of nitrogens with zero attached hydrogens (tertiary/aromatic N) is 4. The average molecular weight is 419 g/mol. The lowest BCUT2D eigenvalue weighted by Crippen LogP contribution is -2.25. The molecule has 0 fully saturated rings. The van der Waals surface area contributed by atoms with Crippen molar-refractivity contribution in [1.29, 1.82) is 0 Å². The highest BCUT2D eigenvalue weighted by Gasteiger charge is 2.19. The van der Waals surface area contributed by atoms with Crippen LogP contribution in [-0.2, 0) is 5.75 Å². The van der Waals surface area contributed by atoms with E-state index in [0.29, 0.717) is 22.6 Å². The summed E-state index contributed by atoms with van der Waals surface area (Å²) in [5.41, 5.74) is 1.05. The third-order valence-corrected chi connectivity index (χ3v) is 7.16. The van der Waals surface area contributed by atoms with Crippen molar-refractivity contribution < 1.29 is 4.52 Å². The van der Waals surface area contributed by atoms with Gasteiger partial charge in [-0.3, -0.25) is 9.36 Å². The zero-order valence-corrected chi connectivity index (χ0v) is 17.8. The molecule has 4 rings (SSSR count). The summed E-state index contributed by atoms with van der Waals surface area (Å²) in [7, 11) is 0. The summed E-state index contributed by atoms with van der Waals surface area (Å²) in [5, 5.41) is 7.44. The Morgan fingerprint density at radius 1 is 1.30 bits per heavy atom. The van der Waals surface area contributed by atoms with Crippen LogP contribution in [0.4, 0.5) is 0 Å². The molecular weight excluding hydrogens is 400 g/mol. The molecular formula is C18H18N4O2S3. The van der Waals surface area contributed by atoms with E-state index in [-0.39, 0.29) is 11.6 Å². The predicted molar refractivity (Wildman–Crippen MR) is 111 cm³/mol. The molecule has 4 aromatic heterocycles. The molecule has 0 radical (unpaired) electrons. The fourth-order valence-electron chi connectivity index (χ4n) is 2.79. The summed E-state index contributed by atoms with van der Waals surface area (Å²) in [5.74, 6) is 1.60. The van der Waals surface area contributed by atoms with Crippen LogP contribution in [0.2, 0.25) is 0 Å². The third kappa shape index (κ3) is 3.35. The number of hydrogen-bond donors (Lipinski definition) is 0. The molecule has 0 saturated heterocycles. The fourth-order valence-corrected chi connectivity index (χ4v) is 5.47. The number of aryl methyl sites for hydroxylation is 2. The average Bonchev–Trinajstić information content (AvgIpc) is 3.34. The number of thioether (sulfide) groups is 1. The molecule has 0 amide bonds. The van der Waals surface area contributed by atoms with E-state index in [2.05, 4.69) is 10.1 Å². The molecule has 0 saturated carbocycles. The number of thiophene rings is 2. The third-order valence-electron chi connectivity index (χ3n) is 4.25. The first-order valence-electron chi connectivity index (χ1n) is 8.47. The van der Waals surface area contributed by atoms with Crippen molar-refractivity contribution >= 4 is 44.7 Å². The molecule has 0 aromatic carbocycles. The van der Waals surface area contributed by atoms with Gasteiger partial charge in [0.1, 0.15) is 4.83 Å². The van der Waals surface area contributed by atoms with Crippen molar-refractivity contribution in [2.75, 3.05) is 0 Å². The number of aromatic nitrogens is 4. The molecule has 0 aliphatic rings. The van der Waals surface area contributed by atoms with Crippen LogP contribution in [0.25, 0.3) is 21.0 Å². The van der Waals surface area contributed by atoms with Crippen molar-refractivity contribution in [3.63, 3.8) is 0 Å². The van der Waals surface area contributed by atoms with Gasteiger partial charge >= 0.3 is 0 Å². The van der Waals surface area contributed by atoms with Gasteiger partial charge in [-0.15, -0.1) is 22.7 Å². The highest BCUT2D eigenvalue weighted by Crippen LogP contribution is 2.30. The van der Waals surface area contributed by atoms with Crippen molar-refractivity contribution in [3.05, 3.63) is 44.1 Å². The summed E-state index contributed by atoms with van der Waals surface area (Å²) in [6, 6.07) is 3.91. The summed E-state index contributed by atoms with van der Waals surface area (Å²) in [6.07, 6.45) is 0. The number of hydrogen-bond acceptors (Lipinski definition) is 8. The molecule has 9 heteroatoms. The second-order valence-corrected chi connectivity index (χ2v) is 9.50. The van der Waals surface area contributed by atoms with E-state index < -0.39 is 0 Å². The van der Waals surface area contributed by atoms with Crippen LogP contribution in [0.15, 0.2) is 32.0 Å². The molecule has 0 aliphatic heterocycles. The second-order valence-electron chi connectivity index (χ2n) is 6.41. The van der Waals surface area contributed by atoms with Crippen molar-refractivity contribution in [2.45, 2.75) is 44.6 Å². The maximum absolute atomic E-state index is 13.1. The molecule has 0 spiro atoms. The standard InChI is InChI=1S/C18H18N4O2S3/c1-9(2)22-17(23)14-10(3)11(4)27-16(14)20-18(22)26-8-13-19-15(24-21-13)12-6-5-7-25-12/h5-7,9H,8H2,1-4H3. The minimum atomic E-state index is 0.0171. The van der Waals surface area contributed by atoms with E-state index in [4.69, 9.17) is 9.51 Å². The maximum atomic E-state index is 13.1. The van der Waals surface area contributed by atoms with E-state index in [1.165, 1.54) is 11.8 Å². The molecule has 0 aliphatic carbocycles. The highest BCUT2D eigenvalue weighted by atomic mass is 32.2. The lowest BCUT2D eigenvalue weighted by Gasteiger charge is -2.14. The first-order chi connectivity index (χ1) is 13.0. The van der Waals surface area contributed by atoms with Gasteiger partial charge in [-0.05, 0) is 44.7 Å². The van der Waals surface area contributed by atoms with Crippen molar-refractivity contribution in [1.82, 2.24) is 19.7 Å². The molecule has 0 N–H and O–H groups in total. The van der Waals surface area contributed by atoms with Crippen molar-refractivity contribution in [2.24, 2.45) is 0 Å². The van der Waals surface area contributed by atoms with Gasteiger partial charge in [0.25, 0.3) is 11.4 Å². The first-order valence-corrected chi connectivity index (χ1v) is 11.2. The number of fused-ring (bicyclic) bond motifs is 1. The number of rotatable bonds is 5. The van der Waals surface area contributed by atoms with Gasteiger partial charge < -0.3 is 4.52 Å². The Morgan fingerprint density at radius 2 is 2.11 bits per heavy atom. The van der Waals surface area contributed by atoms with Crippen LogP contribution in [0.5, 0.6) is 0 Å².